The second-order valence-electron chi connectivity index (χ2n) is 8.45. The number of alkyl carbamates (subject to hydrolysis) is 1. The van der Waals surface area contributed by atoms with Crippen molar-refractivity contribution < 1.29 is 24.1 Å². The van der Waals surface area contributed by atoms with Crippen LogP contribution in [0.2, 0.25) is 0 Å². The monoisotopic (exact) mass is 364 g/mol. The van der Waals surface area contributed by atoms with E-state index in [0.717, 1.165) is 24.3 Å². The number of carbonyl (C=O) groups excluding carboxylic acids is 2. The fourth-order valence-corrected chi connectivity index (χ4v) is 3.96. The van der Waals surface area contributed by atoms with Crippen LogP contribution >= 0.6 is 0 Å². The van der Waals surface area contributed by atoms with E-state index in [1.165, 1.54) is 0 Å². The highest BCUT2D eigenvalue weighted by atomic mass is 16.6. The molecule has 1 aromatic heterocycles. The minimum Gasteiger partial charge on any atom is -0.444 e. The van der Waals surface area contributed by atoms with Gasteiger partial charge in [-0.25, -0.2) is 14.7 Å². The van der Waals surface area contributed by atoms with Crippen LogP contribution in [0, 0.1) is 5.41 Å². The van der Waals surface area contributed by atoms with Gasteiger partial charge in [0.2, 0.25) is 0 Å². The van der Waals surface area contributed by atoms with Crippen LogP contribution in [-0.4, -0.2) is 50.6 Å². The highest BCUT2D eigenvalue weighted by molar-refractivity contribution is 5.77. The van der Waals surface area contributed by atoms with Crippen molar-refractivity contribution in [1.82, 2.24) is 20.4 Å². The Balaban J connectivity index is 1.43. The normalized spacial score (nSPS) is 26.4. The molecule has 2 bridgehead atoms. The first-order valence-corrected chi connectivity index (χ1v) is 8.90. The molecule has 0 radical (unpaired) electrons. The van der Waals surface area contributed by atoms with Crippen LogP contribution in [0.4, 0.5) is 9.59 Å². The van der Waals surface area contributed by atoms with Crippen molar-refractivity contribution >= 4 is 12.1 Å². The molecular formula is C17H24N4O5. The van der Waals surface area contributed by atoms with Gasteiger partial charge in [0, 0.05) is 12.6 Å². The van der Waals surface area contributed by atoms with E-state index in [4.69, 9.17) is 9.26 Å². The largest absolute Gasteiger partial charge is 0.444 e. The number of ether oxygens (including phenoxy) is 1. The fraction of sp³-hybridized carbons (Fsp3) is 0.706. The van der Waals surface area contributed by atoms with E-state index in [1.54, 1.807) is 31.7 Å². The summed E-state index contributed by atoms with van der Waals surface area (Å²) in [4.78, 5) is 25.7. The van der Waals surface area contributed by atoms with E-state index < -0.39 is 11.7 Å². The summed E-state index contributed by atoms with van der Waals surface area (Å²) in [6, 6.07) is 1.05. The average Bonchev–Trinajstić information content (AvgIpc) is 3.06. The molecule has 2 saturated heterocycles. The lowest BCUT2D eigenvalue weighted by Gasteiger charge is -2.35. The van der Waals surface area contributed by atoms with Crippen molar-refractivity contribution in [1.29, 1.82) is 0 Å². The van der Waals surface area contributed by atoms with Gasteiger partial charge in [-0.05, 0) is 45.4 Å². The molecule has 0 unspecified atom stereocenters. The van der Waals surface area contributed by atoms with E-state index in [9.17, 15) is 14.8 Å². The maximum absolute atomic E-state index is 12.3. The number of carbonyl (C=O) groups is 2. The number of nitrogens with one attached hydrogen (secondary N) is 1. The number of fused-ring (bicyclic) bond motifs is 3. The first-order valence-electron chi connectivity index (χ1n) is 8.90. The van der Waals surface area contributed by atoms with Crippen LogP contribution in [0.1, 0.15) is 57.5 Å². The standard InChI is InChI=1S/C17H24N4O5/c1-16(2,3)25-14(22)18-8-10-6-11(19-26-10)12-7-17(4-5-17)13-9-20(12)15(23)21(13)24/h6,12-13,24H,4-5,7-9H2,1-3H3,(H,18,22)/t12-,13-/m0/s1. The van der Waals surface area contributed by atoms with Crippen LogP contribution in [0.5, 0.6) is 0 Å². The molecule has 2 N–H and O–H groups in total. The maximum Gasteiger partial charge on any atom is 0.408 e. The Labute approximate surface area is 151 Å². The Bertz CT molecular complexity index is 736. The number of hydrogen-bond donors (Lipinski definition) is 2. The molecule has 3 fully saturated rings. The maximum atomic E-state index is 12.3. The molecule has 1 aromatic rings. The van der Waals surface area contributed by atoms with Gasteiger partial charge in [-0.3, -0.25) is 5.21 Å². The molecule has 1 spiro atoms. The van der Waals surface area contributed by atoms with Crippen molar-refractivity contribution in [3.05, 3.63) is 17.5 Å². The molecular weight excluding hydrogens is 340 g/mol. The zero-order chi connectivity index (χ0) is 18.7. The number of urea groups is 1. The molecule has 2 aliphatic heterocycles. The molecule has 2 atom stereocenters. The van der Waals surface area contributed by atoms with Gasteiger partial charge in [-0.15, -0.1) is 0 Å². The highest BCUT2D eigenvalue weighted by Crippen LogP contribution is 2.61. The minimum absolute atomic E-state index is 0.00401. The molecule has 26 heavy (non-hydrogen) atoms. The number of nitrogens with zero attached hydrogens (tertiary/aromatic N) is 3. The summed E-state index contributed by atoms with van der Waals surface area (Å²) in [5, 5.41) is 17.7. The SMILES string of the molecule is CC(C)(C)OC(=O)NCc1cc([C@@H]2CC3(CC3)[C@@H]3CN2C(=O)N3O)no1. The summed E-state index contributed by atoms with van der Waals surface area (Å²) >= 11 is 0. The number of hydroxylamine groups is 2. The van der Waals surface area contributed by atoms with Crippen LogP contribution in [-0.2, 0) is 11.3 Å². The predicted octanol–water partition coefficient (Wildman–Crippen LogP) is 2.42. The fourth-order valence-electron chi connectivity index (χ4n) is 3.96. The molecule has 3 heterocycles. The summed E-state index contributed by atoms with van der Waals surface area (Å²) in [6.07, 6.45) is 2.26. The summed E-state index contributed by atoms with van der Waals surface area (Å²) in [5.41, 5.74) is 0.0789. The topological polar surface area (TPSA) is 108 Å². The third-order valence-corrected chi connectivity index (χ3v) is 5.41. The van der Waals surface area contributed by atoms with Crippen molar-refractivity contribution in [3.63, 3.8) is 0 Å². The van der Waals surface area contributed by atoms with Crippen molar-refractivity contribution in [2.45, 2.75) is 64.3 Å². The van der Waals surface area contributed by atoms with E-state index in [2.05, 4.69) is 10.5 Å². The Morgan fingerprint density at radius 1 is 1.50 bits per heavy atom. The second-order valence-corrected chi connectivity index (χ2v) is 8.45. The Morgan fingerprint density at radius 2 is 2.23 bits per heavy atom. The zero-order valence-electron chi connectivity index (χ0n) is 15.2. The van der Waals surface area contributed by atoms with Gasteiger partial charge >= 0.3 is 12.1 Å². The lowest BCUT2D eigenvalue weighted by atomic mass is 9.84. The Kier molecular flexibility index (Phi) is 3.69. The highest BCUT2D eigenvalue weighted by Gasteiger charge is 2.63. The van der Waals surface area contributed by atoms with E-state index in [0.29, 0.717) is 18.0 Å². The second kappa shape index (κ2) is 5.60. The summed E-state index contributed by atoms with van der Waals surface area (Å²) in [5.74, 6) is 0.491. The first-order chi connectivity index (χ1) is 12.2. The van der Waals surface area contributed by atoms with Gasteiger partial charge < -0.3 is 19.5 Å². The van der Waals surface area contributed by atoms with Gasteiger partial charge in [0.15, 0.2) is 5.76 Å². The van der Waals surface area contributed by atoms with Gasteiger partial charge in [0.05, 0.1) is 18.6 Å². The van der Waals surface area contributed by atoms with E-state index in [1.807, 2.05) is 0 Å². The van der Waals surface area contributed by atoms with Crippen molar-refractivity contribution in [2.75, 3.05) is 6.54 Å². The summed E-state index contributed by atoms with van der Waals surface area (Å²) in [7, 11) is 0. The molecule has 142 valence electrons. The summed E-state index contributed by atoms with van der Waals surface area (Å²) in [6.45, 7) is 6.04. The predicted molar refractivity (Wildman–Crippen MR) is 88.1 cm³/mol. The molecule has 4 rings (SSSR count). The number of hydrogen-bond acceptors (Lipinski definition) is 6. The number of amides is 3. The van der Waals surface area contributed by atoms with Crippen molar-refractivity contribution in [2.24, 2.45) is 5.41 Å². The number of aromatic nitrogens is 1. The van der Waals surface area contributed by atoms with Gasteiger partial charge in [-0.2, -0.15) is 0 Å². The third-order valence-electron chi connectivity index (χ3n) is 5.41. The summed E-state index contributed by atoms with van der Waals surface area (Å²) < 4.78 is 10.5. The quantitative estimate of drug-likeness (QED) is 0.798. The smallest absolute Gasteiger partial charge is 0.408 e. The molecule has 1 aliphatic carbocycles. The van der Waals surface area contributed by atoms with Crippen molar-refractivity contribution in [3.8, 4) is 0 Å². The number of rotatable bonds is 3. The lowest BCUT2D eigenvalue weighted by molar-refractivity contribution is -0.0782. The van der Waals surface area contributed by atoms with E-state index in [-0.39, 0.29) is 30.1 Å². The molecule has 1 saturated carbocycles. The van der Waals surface area contributed by atoms with Crippen LogP contribution in [0.25, 0.3) is 0 Å². The lowest BCUT2D eigenvalue weighted by Crippen LogP contribution is -2.41. The minimum atomic E-state index is -0.569. The van der Waals surface area contributed by atoms with Crippen LogP contribution in [0.15, 0.2) is 10.6 Å². The molecule has 0 aromatic carbocycles. The molecule has 9 nitrogen and oxygen atoms in total. The Hall–Kier alpha value is -2.29. The average molecular weight is 364 g/mol. The zero-order valence-corrected chi connectivity index (χ0v) is 15.2. The molecule has 3 amide bonds. The van der Waals surface area contributed by atoms with E-state index >= 15 is 0 Å². The molecule has 9 heteroatoms. The van der Waals surface area contributed by atoms with Gasteiger partial charge in [0.1, 0.15) is 11.3 Å². The molecule has 3 aliphatic rings. The van der Waals surface area contributed by atoms with Gasteiger partial charge in [-0.1, -0.05) is 5.16 Å². The van der Waals surface area contributed by atoms with Crippen LogP contribution in [0.3, 0.4) is 0 Å². The van der Waals surface area contributed by atoms with Crippen LogP contribution < -0.4 is 5.32 Å². The Morgan fingerprint density at radius 3 is 2.88 bits per heavy atom. The number of piperidine rings is 1. The first kappa shape index (κ1) is 17.1. The van der Waals surface area contributed by atoms with Gasteiger partial charge in [0.25, 0.3) is 0 Å². The third kappa shape index (κ3) is 2.90.